The van der Waals surface area contributed by atoms with E-state index in [0.717, 1.165) is 6.42 Å². The third kappa shape index (κ3) is 1.40. The predicted octanol–water partition coefficient (Wildman–Crippen LogP) is 4.27. The van der Waals surface area contributed by atoms with Crippen molar-refractivity contribution in [3.05, 3.63) is 48.2 Å². The Morgan fingerprint density at radius 2 is 1.81 bits per heavy atom. The van der Waals surface area contributed by atoms with Crippen LogP contribution < -0.4 is 0 Å². The van der Waals surface area contributed by atoms with Crippen LogP contribution >= 0.6 is 0 Å². The molecule has 0 aliphatic heterocycles. The van der Waals surface area contributed by atoms with Crippen LogP contribution in [0, 0.1) is 0 Å². The number of hydrogen-bond donors (Lipinski definition) is 1. The zero-order chi connectivity index (χ0) is 11.0. The van der Waals surface area contributed by atoms with Crippen LogP contribution in [0.1, 0.15) is 19.0 Å². The number of fused-ring (bicyclic) bond motifs is 3. The average molecular weight is 209 g/mol. The number of hydrogen-bond acceptors (Lipinski definition) is 0. The maximum Gasteiger partial charge on any atom is 0.0535 e. The molecule has 0 radical (unpaired) electrons. The molecule has 1 heterocycles. The Labute approximate surface area is 95.1 Å². The molecule has 0 saturated heterocycles. The number of aromatic amines is 1. The van der Waals surface area contributed by atoms with Gasteiger partial charge < -0.3 is 4.98 Å². The summed E-state index contributed by atoms with van der Waals surface area (Å²) in [5.74, 6) is 0. The van der Waals surface area contributed by atoms with Gasteiger partial charge in [-0.2, -0.15) is 0 Å². The molecule has 0 bridgehead atoms. The lowest BCUT2D eigenvalue weighted by Gasteiger charge is -1.98. The summed E-state index contributed by atoms with van der Waals surface area (Å²) in [5, 5.41) is 3.95. The topological polar surface area (TPSA) is 15.8 Å². The molecule has 0 aliphatic rings. The highest BCUT2D eigenvalue weighted by Gasteiger charge is 2.03. The van der Waals surface area contributed by atoms with Crippen molar-refractivity contribution in [3.8, 4) is 0 Å². The van der Waals surface area contributed by atoms with E-state index in [0.29, 0.717) is 0 Å². The van der Waals surface area contributed by atoms with Gasteiger partial charge in [-0.3, -0.25) is 0 Å². The minimum atomic E-state index is 1.13. The average Bonchev–Trinajstić information content (AvgIpc) is 2.72. The summed E-state index contributed by atoms with van der Waals surface area (Å²) in [7, 11) is 0. The van der Waals surface area contributed by atoms with Crippen LogP contribution in [0.2, 0.25) is 0 Å². The van der Waals surface area contributed by atoms with Gasteiger partial charge in [0, 0.05) is 16.5 Å². The first-order valence-electron chi connectivity index (χ1n) is 5.88. The fraction of sp³-hybridized carbons (Fsp3) is 0.200. The third-order valence-electron chi connectivity index (χ3n) is 3.10. The van der Waals surface area contributed by atoms with Crippen molar-refractivity contribution in [2.24, 2.45) is 0 Å². The first-order chi connectivity index (χ1) is 7.88. The highest BCUT2D eigenvalue weighted by atomic mass is 14.7. The maximum absolute atomic E-state index is 3.54. The van der Waals surface area contributed by atoms with Gasteiger partial charge in [0.1, 0.15) is 0 Å². The van der Waals surface area contributed by atoms with Gasteiger partial charge in [0.25, 0.3) is 0 Å². The first-order valence-corrected chi connectivity index (χ1v) is 5.88. The molecule has 0 spiro atoms. The molecule has 3 rings (SSSR count). The Morgan fingerprint density at radius 3 is 2.69 bits per heavy atom. The SMILES string of the molecule is CCCc1cc2ccc3ccccc3c2[nH]1. The minimum Gasteiger partial charge on any atom is -0.358 e. The van der Waals surface area contributed by atoms with Crippen LogP contribution in [0.5, 0.6) is 0 Å². The van der Waals surface area contributed by atoms with Crippen LogP contribution in [0.15, 0.2) is 42.5 Å². The summed E-state index contributed by atoms with van der Waals surface area (Å²) < 4.78 is 0. The summed E-state index contributed by atoms with van der Waals surface area (Å²) in [5.41, 5.74) is 2.62. The van der Waals surface area contributed by atoms with E-state index in [-0.39, 0.29) is 0 Å². The fourth-order valence-corrected chi connectivity index (χ4v) is 2.34. The van der Waals surface area contributed by atoms with E-state index in [4.69, 9.17) is 0 Å². The van der Waals surface area contributed by atoms with Crippen molar-refractivity contribution < 1.29 is 0 Å². The largest absolute Gasteiger partial charge is 0.358 e. The molecule has 16 heavy (non-hydrogen) atoms. The molecule has 1 heteroatoms. The monoisotopic (exact) mass is 209 g/mol. The second kappa shape index (κ2) is 3.67. The van der Waals surface area contributed by atoms with Gasteiger partial charge in [-0.1, -0.05) is 49.7 Å². The Hall–Kier alpha value is -1.76. The first kappa shape index (κ1) is 9.46. The van der Waals surface area contributed by atoms with E-state index in [1.807, 2.05) is 0 Å². The standard InChI is InChI=1S/C15H15N/c1-2-5-13-10-12-9-8-11-6-3-4-7-14(11)15(12)16-13/h3-4,6-10,16H,2,5H2,1H3. The summed E-state index contributed by atoms with van der Waals surface area (Å²) >= 11 is 0. The van der Waals surface area contributed by atoms with E-state index in [9.17, 15) is 0 Å². The van der Waals surface area contributed by atoms with Crippen molar-refractivity contribution >= 4 is 21.7 Å². The number of aromatic nitrogens is 1. The molecular formula is C15H15N. The van der Waals surface area contributed by atoms with Gasteiger partial charge in [0.05, 0.1) is 5.52 Å². The van der Waals surface area contributed by atoms with Crippen molar-refractivity contribution in [2.45, 2.75) is 19.8 Å². The number of rotatable bonds is 2. The molecule has 0 saturated carbocycles. The van der Waals surface area contributed by atoms with E-state index < -0.39 is 0 Å². The van der Waals surface area contributed by atoms with Gasteiger partial charge in [-0.05, 0) is 17.9 Å². The zero-order valence-corrected chi connectivity index (χ0v) is 9.46. The quantitative estimate of drug-likeness (QED) is 0.648. The van der Waals surface area contributed by atoms with Crippen molar-refractivity contribution in [3.63, 3.8) is 0 Å². The lowest BCUT2D eigenvalue weighted by molar-refractivity contribution is 0.896. The maximum atomic E-state index is 3.54. The number of benzene rings is 2. The van der Waals surface area contributed by atoms with Gasteiger partial charge >= 0.3 is 0 Å². The molecule has 1 N–H and O–H groups in total. The smallest absolute Gasteiger partial charge is 0.0535 e. The molecular weight excluding hydrogens is 194 g/mol. The van der Waals surface area contributed by atoms with E-state index in [1.165, 1.54) is 33.8 Å². The third-order valence-corrected chi connectivity index (χ3v) is 3.10. The molecule has 1 aromatic heterocycles. The van der Waals surface area contributed by atoms with E-state index in [2.05, 4.69) is 54.4 Å². The Kier molecular flexibility index (Phi) is 2.17. The highest BCUT2D eigenvalue weighted by Crippen LogP contribution is 2.25. The Morgan fingerprint density at radius 1 is 1.00 bits per heavy atom. The molecule has 0 amide bonds. The Bertz CT molecular complexity index is 634. The van der Waals surface area contributed by atoms with E-state index >= 15 is 0 Å². The Balaban J connectivity index is 2.32. The molecule has 0 unspecified atom stereocenters. The molecule has 3 aromatic rings. The second-order valence-electron chi connectivity index (χ2n) is 4.30. The zero-order valence-electron chi connectivity index (χ0n) is 9.46. The fourth-order valence-electron chi connectivity index (χ4n) is 2.34. The van der Waals surface area contributed by atoms with Gasteiger partial charge in [-0.15, -0.1) is 0 Å². The lowest BCUT2D eigenvalue weighted by Crippen LogP contribution is -1.80. The normalized spacial score (nSPS) is 11.3. The van der Waals surface area contributed by atoms with Crippen LogP contribution in [0.4, 0.5) is 0 Å². The number of nitrogens with one attached hydrogen (secondary N) is 1. The molecule has 0 atom stereocenters. The van der Waals surface area contributed by atoms with Gasteiger partial charge in [0.15, 0.2) is 0 Å². The van der Waals surface area contributed by atoms with Gasteiger partial charge in [0.2, 0.25) is 0 Å². The van der Waals surface area contributed by atoms with E-state index in [1.54, 1.807) is 0 Å². The van der Waals surface area contributed by atoms with Crippen LogP contribution in [-0.4, -0.2) is 4.98 Å². The second-order valence-corrected chi connectivity index (χ2v) is 4.30. The van der Waals surface area contributed by atoms with Crippen LogP contribution in [0.3, 0.4) is 0 Å². The molecule has 2 aromatic carbocycles. The minimum absolute atomic E-state index is 1.13. The lowest BCUT2D eigenvalue weighted by atomic mass is 10.1. The van der Waals surface area contributed by atoms with Gasteiger partial charge in [-0.25, -0.2) is 0 Å². The summed E-state index contributed by atoms with van der Waals surface area (Å²) in [6.45, 7) is 2.21. The van der Waals surface area contributed by atoms with Crippen molar-refractivity contribution in [1.82, 2.24) is 4.98 Å². The summed E-state index contributed by atoms with van der Waals surface area (Å²) in [6, 6.07) is 15.2. The molecule has 0 aliphatic carbocycles. The molecule has 1 nitrogen and oxygen atoms in total. The summed E-state index contributed by atoms with van der Waals surface area (Å²) in [6.07, 6.45) is 2.31. The number of aryl methyl sites for hydroxylation is 1. The van der Waals surface area contributed by atoms with Crippen molar-refractivity contribution in [2.75, 3.05) is 0 Å². The summed E-state index contributed by atoms with van der Waals surface area (Å²) in [4.78, 5) is 3.54. The molecule has 80 valence electrons. The number of H-pyrrole nitrogens is 1. The van der Waals surface area contributed by atoms with Crippen LogP contribution in [-0.2, 0) is 6.42 Å². The molecule has 0 fully saturated rings. The highest BCUT2D eigenvalue weighted by molar-refractivity contribution is 6.05. The van der Waals surface area contributed by atoms with Crippen LogP contribution in [0.25, 0.3) is 21.7 Å². The predicted molar refractivity (Wildman–Crippen MR) is 69.8 cm³/mol. The van der Waals surface area contributed by atoms with Crippen molar-refractivity contribution in [1.29, 1.82) is 0 Å².